The Hall–Kier alpha value is -1.46. The lowest BCUT2D eigenvalue weighted by molar-refractivity contribution is -0.131. The van der Waals surface area contributed by atoms with Crippen molar-refractivity contribution >= 4 is 35.0 Å². The Balaban J connectivity index is 3.02. The lowest BCUT2D eigenvalue weighted by atomic mass is 10.2. The monoisotopic (exact) mass is 263 g/mol. The summed E-state index contributed by atoms with van der Waals surface area (Å²) in [4.78, 5) is 25.1. The van der Waals surface area contributed by atoms with Gasteiger partial charge in [0.15, 0.2) is 16.8 Å². The molecule has 0 saturated heterocycles. The fourth-order valence-corrected chi connectivity index (χ4v) is 1.02. The molecule has 16 heavy (non-hydrogen) atoms. The molecule has 0 radical (unpaired) electrons. The molecule has 1 aromatic heterocycles. The standard InChI is InChI=1S/C9H4Cl2FNO3/c10-5(9(15)16)2-7(14)4-1-6(12)8(11)13-3-4/h1-3H,(H,15,16). The molecular formula is C9H4Cl2FNO3. The van der Waals surface area contributed by atoms with E-state index in [2.05, 4.69) is 4.98 Å². The van der Waals surface area contributed by atoms with Gasteiger partial charge in [0.1, 0.15) is 5.03 Å². The molecule has 0 spiro atoms. The highest BCUT2D eigenvalue weighted by molar-refractivity contribution is 6.42. The Bertz CT molecular complexity index is 488. The van der Waals surface area contributed by atoms with E-state index in [0.29, 0.717) is 6.08 Å². The predicted molar refractivity (Wildman–Crippen MR) is 55.1 cm³/mol. The van der Waals surface area contributed by atoms with E-state index in [0.717, 1.165) is 12.3 Å². The number of carboxylic acids is 1. The minimum Gasteiger partial charge on any atom is -0.477 e. The summed E-state index contributed by atoms with van der Waals surface area (Å²) in [5.41, 5.74) is -0.138. The molecule has 4 nitrogen and oxygen atoms in total. The van der Waals surface area contributed by atoms with Gasteiger partial charge >= 0.3 is 5.97 Å². The summed E-state index contributed by atoms with van der Waals surface area (Å²) in [6.07, 6.45) is 1.69. The second-order valence-corrected chi connectivity index (χ2v) is 3.42. The number of hydrogen-bond donors (Lipinski definition) is 1. The molecule has 0 aliphatic heterocycles. The lowest BCUT2D eigenvalue weighted by Gasteiger charge is -1.97. The molecule has 0 unspecified atom stereocenters. The van der Waals surface area contributed by atoms with E-state index >= 15 is 0 Å². The third kappa shape index (κ3) is 3.01. The molecule has 0 fully saturated rings. The number of aromatic nitrogens is 1. The number of carboxylic acid groups (broad SMARTS) is 1. The summed E-state index contributed by atoms with van der Waals surface area (Å²) in [6.45, 7) is 0. The van der Waals surface area contributed by atoms with Gasteiger partial charge < -0.3 is 5.11 Å². The average Bonchev–Trinajstić information content (AvgIpc) is 2.21. The van der Waals surface area contributed by atoms with E-state index in [-0.39, 0.29) is 10.7 Å². The van der Waals surface area contributed by atoms with Crippen molar-refractivity contribution in [3.63, 3.8) is 0 Å². The number of pyridine rings is 1. The van der Waals surface area contributed by atoms with E-state index in [1.165, 1.54) is 0 Å². The zero-order valence-corrected chi connectivity index (χ0v) is 9.09. The van der Waals surface area contributed by atoms with Crippen molar-refractivity contribution in [3.05, 3.63) is 39.9 Å². The third-order valence-electron chi connectivity index (χ3n) is 1.54. The minimum atomic E-state index is -1.45. The quantitative estimate of drug-likeness (QED) is 0.516. The normalized spacial score (nSPS) is 11.3. The summed E-state index contributed by atoms with van der Waals surface area (Å²) >= 11 is 10.5. The fraction of sp³-hybridized carbons (Fsp3) is 0. The molecule has 1 N–H and O–H groups in total. The first kappa shape index (κ1) is 12.6. The number of aliphatic carboxylic acids is 1. The Kier molecular flexibility index (Phi) is 3.98. The van der Waals surface area contributed by atoms with Crippen molar-refractivity contribution in [1.29, 1.82) is 0 Å². The second kappa shape index (κ2) is 5.05. The van der Waals surface area contributed by atoms with Gasteiger partial charge in [0.25, 0.3) is 0 Å². The highest BCUT2D eigenvalue weighted by atomic mass is 35.5. The summed E-state index contributed by atoms with van der Waals surface area (Å²) in [7, 11) is 0. The maximum atomic E-state index is 12.9. The van der Waals surface area contributed by atoms with Crippen LogP contribution in [0, 0.1) is 5.82 Å². The molecule has 7 heteroatoms. The molecule has 0 saturated carbocycles. The van der Waals surface area contributed by atoms with Gasteiger partial charge in [-0.15, -0.1) is 0 Å². The van der Waals surface area contributed by atoms with Gasteiger partial charge in [-0.2, -0.15) is 0 Å². The van der Waals surface area contributed by atoms with Gasteiger partial charge in [0.2, 0.25) is 0 Å². The molecule has 0 aromatic carbocycles. The summed E-state index contributed by atoms with van der Waals surface area (Å²) in [5, 5.41) is 7.38. The van der Waals surface area contributed by atoms with Gasteiger partial charge in [-0.05, 0) is 6.07 Å². The number of carbonyl (C=O) groups is 2. The van der Waals surface area contributed by atoms with Crippen molar-refractivity contribution < 1.29 is 19.1 Å². The molecule has 1 aromatic rings. The van der Waals surface area contributed by atoms with Crippen molar-refractivity contribution in [1.82, 2.24) is 4.98 Å². The summed E-state index contributed by atoms with van der Waals surface area (Å²) in [6, 6.07) is 0.847. The van der Waals surface area contributed by atoms with Crippen LogP contribution in [0.3, 0.4) is 0 Å². The zero-order chi connectivity index (χ0) is 12.3. The lowest BCUT2D eigenvalue weighted by Crippen LogP contribution is -2.01. The van der Waals surface area contributed by atoms with Crippen LogP contribution in [0.5, 0.6) is 0 Å². The van der Waals surface area contributed by atoms with Gasteiger partial charge in [-0.1, -0.05) is 23.2 Å². The van der Waals surface area contributed by atoms with E-state index < -0.39 is 22.6 Å². The third-order valence-corrected chi connectivity index (χ3v) is 2.09. The van der Waals surface area contributed by atoms with E-state index in [1.807, 2.05) is 0 Å². The molecule has 0 amide bonds. The van der Waals surface area contributed by atoms with Crippen molar-refractivity contribution in [2.24, 2.45) is 0 Å². The summed E-state index contributed by atoms with van der Waals surface area (Å²) < 4.78 is 12.9. The maximum absolute atomic E-state index is 12.9. The summed E-state index contributed by atoms with van der Waals surface area (Å²) in [5.74, 6) is -3.08. The van der Waals surface area contributed by atoms with Crippen LogP contribution in [0.1, 0.15) is 10.4 Å². The van der Waals surface area contributed by atoms with E-state index in [1.54, 1.807) is 0 Å². The predicted octanol–water partition coefficient (Wildman–Crippen LogP) is 2.26. The Morgan fingerprint density at radius 2 is 2.12 bits per heavy atom. The smallest absolute Gasteiger partial charge is 0.347 e. The SMILES string of the molecule is O=C(O)C(Cl)=CC(=O)c1cnc(Cl)c(F)c1. The number of carbonyl (C=O) groups excluding carboxylic acids is 1. The number of ketones is 1. The topological polar surface area (TPSA) is 67.3 Å². The van der Waals surface area contributed by atoms with E-state index in [9.17, 15) is 14.0 Å². The minimum absolute atomic E-state index is 0.138. The number of nitrogens with zero attached hydrogens (tertiary/aromatic N) is 1. The van der Waals surface area contributed by atoms with Crippen LogP contribution in [0.15, 0.2) is 23.4 Å². The number of hydrogen-bond acceptors (Lipinski definition) is 3. The van der Waals surface area contributed by atoms with Crippen LogP contribution in [0.4, 0.5) is 4.39 Å². The molecule has 0 atom stereocenters. The van der Waals surface area contributed by atoms with Crippen LogP contribution in [0.2, 0.25) is 5.15 Å². The molecule has 84 valence electrons. The number of rotatable bonds is 3. The maximum Gasteiger partial charge on any atom is 0.347 e. The molecular weight excluding hydrogens is 260 g/mol. The Morgan fingerprint density at radius 3 is 2.62 bits per heavy atom. The first-order valence-corrected chi connectivity index (χ1v) is 4.63. The number of allylic oxidation sites excluding steroid dienone is 1. The Morgan fingerprint density at radius 1 is 1.50 bits per heavy atom. The van der Waals surface area contributed by atoms with Gasteiger partial charge in [0.05, 0.1) is 0 Å². The van der Waals surface area contributed by atoms with Gasteiger partial charge in [0, 0.05) is 17.8 Å². The van der Waals surface area contributed by atoms with Crippen LogP contribution in [-0.4, -0.2) is 21.8 Å². The van der Waals surface area contributed by atoms with Gasteiger partial charge in [-0.3, -0.25) is 4.79 Å². The first-order valence-electron chi connectivity index (χ1n) is 3.87. The van der Waals surface area contributed by atoms with E-state index in [4.69, 9.17) is 28.3 Å². The van der Waals surface area contributed by atoms with Crippen molar-refractivity contribution in [2.45, 2.75) is 0 Å². The van der Waals surface area contributed by atoms with Crippen LogP contribution in [0.25, 0.3) is 0 Å². The fourth-order valence-electron chi connectivity index (χ4n) is 0.816. The van der Waals surface area contributed by atoms with Crippen LogP contribution >= 0.6 is 23.2 Å². The molecule has 0 bridgehead atoms. The molecule has 1 rings (SSSR count). The zero-order valence-electron chi connectivity index (χ0n) is 7.58. The molecule has 1 heterocycles. The van der Waals surface area contributed by atoms with Crippen LogP contribution in [-0.2, 0) is 4.79 Å². The molecule has 0 aliphatic carbocycles. The van der Waals surface area contributed by atoms with Crippen LogP contribution < -0.4 is 0 Å². The second-order valence-electron chi connectivity index (χ2n) is 2.66. The highest BCUT2D eigenvalue weighted by Gasteiger charge is 2.11. The van der Waals surface area contributed by atoms with Crippen molar-refractivity contribution in [2.75, 3.05) is 0 Å². The Labute approximate surface area is 99.3 Å². The van der Waals surface area contributed by atoms with Crippen molar-refractivity contribution in [3.8, 4) is 0 Å². The molecule has 0 aliphatic rings. The first-order chi connectivity index (χ1) is 7.41. The highest BCUT2D eigenvalue weighted by Crippen LogP contribution is 2.13. The average molecular weight is 264 g/mol. The van der Waals surface area contributed by atoms with Gasteiger partial charge in [-0.25, -0.2) is 14.2 Å². The largest absolute Gasteiger partial charge is 0.477 e. The number of halogens is 3.